The van der Waals surface area contributed by atoms with Crippen molar-refractivity contribution in [3.63, 3.8) is 0 Å². The SMILES string of the molecule is Cl.O=C(c1ccc(F)cc1F)N1CCC2NCCC2C1. The molecule has 0 aliphatic carbocycles. The fourth-order valence-corrected chi connectivity index (χ4v) is 3.07. The Labute approximate surface area is 122 Å². The molecular formula is C14H17ClF2N2O. The lowest BCUT2D eigenvalue weighted by Crippen LogP contribution is -2.47. The Balaban J connectivity index is 0.00000147. The molecule has 1 amide bonds. The molecule has 2 saturated heterocycles. The van der Waals surface area contributed by atoms with Gasteiger partial charge in [0.05, 0.1) is 5.56 Å². The van der Waals surface area contributed by atoms with Gasteiger partial charge in [0.15, 0.2) is 0 Å². The summed E-state index contributed by atoms with van der Waals surface area (Å²) in [5.41, 5.74) is -0.0363. The van der Waals surface area contributed by atoms with Gasteiger partial charge in [-0.3, -0.25) is 4.79 Å². The lowest BCUT2D eigenvalue weighted by atomic mass is 9.93. The number of halogens is 3. The molecule has 0 radical (unpaired) electrons. The van der Waals surface area contributed by atoms with Gasteiger partial charge in [0.2, 0.25) is 0 Å². The van der Waals surface area contributed by atoms with E-state index in [1.54, 1.807) is 4.90 Å². The zero-order valence-electron chi connectivity index (χ0n) is 10.9. The molecule has 110 valence electrons. The maximum atomic E-state index is 13.6. The molecule has 0 aromatic heterocycles. The van der Waals surface area contributed by atoms with Crippen molar-refractivity contribution in [1.29, 1.82) is 0 Å². The van der Waals surface area contributed by atoms with E-state index in [4.69, 9.17) is 0 Å². The number of nitrogens with zero attached hydrogens (tertiary/aromatic N) is 1. The molecule has 1 aromatic carbocycles. The van der Waals surface area contributed by atoms with Crippen LogP contribution in [0, 0.1) is 17.6 Å². The predicted octanol–water partition coefficient (Wildman–Crippen LogP) is 2.21. The van der Waals surface area contributed by atoms with E-state index < -0.39 is 11.6 Å². The zero-order valence-corrected chi connectivity index (χ0v) is 11.8. The fourth-order valence-electron chi connectivity index (χ4n) is 3.07. The maximum Gasteiger partial charge on any atom is 0.256 e. The first-order valence-corrected chi connectivity index (χ1v) is 6.63. The quantitative estimate of drug-likeness (QED) is 0.863. The molecular weight excluding hydrogens is 286 g/mol. The highest BCUT2D eigenvalue weighted by atomic mass is 35.5. The van der Waals surface area contributed by atoms with Crippen LogP contribution in [0.5, 0.6) is 0 Å². The second-order valence-corrected chi connectivity index (χ2v) is 5.27. The van der Waals surface area contributed by atoms with Gasteiger partial charge in [0.25, 0.3) is 5.91 Å². The maximum absolute atomic E-state index is 13.6. The third kappa shape index (κ3) is 2.79. The van der Waals surface area contributed by atoms with Crippen LogP contribution in [0.25, 0.3) is 0 Å². The van der Waals surface area contributed by atoms with E-state index in [-0.39, 0.29) is 23.9 Å². The van der Waals surface area contributed by atoms with Crippen molar-refractivity contribution in [3.8, 4) is 0 Å². The zero-order chi connectivity index (χ0) is 13.4. The van der Waals surface area contributed by atoms with Crippen LogP contribution >= 0.6 is 12.4 Å². The Morgan fingerprint density at radius 1 is 1.30 bits per heavy atom. The standard InChI is InChI=1S/C14H16F2N2O.ClH/c15-10-1-2-11(12(16)7-10)14(19)18-6-4-13-9(8-18)3-5-17-13;/h1-2,7,9,13,17H,3-6,8H2;1H. The second-order valence-electron chi connectivity index (χ2n) is 5.27. The lowest BCUT2D eigenvalue weighted by Gasteiger charge is -2.35. The summed E-state index contributed by atoms with van der Waals surface area (Å²) in [6.45, 7) is 2.28. The number of carbonyl (C=O) groups is 1. The first kappa shape index (κ1) is 15.2. The molecule has 2 unspecified atom stereocenters. The lowest BCUT2D eigenvalue weighted by molar-refractivity contribution is 0.0657. The molecule has 0 spiro atoms. The van der Waals surface area contributed by atoms with E-state index in [1.807, 2.05) is 0 Å². The van der Waals surface area contributed by atoms with Gasteiger partial charge < -0.3 is 10.2 Å². The Morgan fingerprint density at radius 2 is 2.10 bits per heavy atom. The number of rotatable bonds is 1. The molecule has 2 atom stereocenters. The highest BCUT2D eigenvalue weighted by Gasteiger charge is 2.35. The molecule has 6 heteroatoms. The number of piperidine rings is 1. The number of fused-ring (bicyclic) bond motifs is 1. The summed E-state index contributed by atoms with van der Waals surface area (Å²) < 4.78 is 26.5. The fraction of sp³-hybridized carbons (Fsp3) is 0.500. The van der Waals surface area contributed by atoms with Gasteiger partial charge in [-0.25, -0.2) is 8.78 Å². The third-order valence-corrected chi connectivity index (χ3v) is 4.10. The normalized spacial score (nSPS) is 25.0. The van der Waals surface area contributed by atoms with Crippen molar-refractivity contribution in [3.05, 3.63) is 35.4 Å². The van der Waals surface area contributed by atoms with Crippen molar-refractivity contribution in [1.82, 2.24) is 10.2 Å². The van der Waals surface area contributed by atoms with E-state index in [9.17, 15) is 13.6 Å². The van der Waals surface area contributed by atoms with Crippen molar-refractivity contribution < 1.29 is 13.6 Å². The number of likely N-dealkylation sites (tertiary alicyclic amines) is 1. The average Bonchev–Trinajstić information content (AvgIpc) is 2.85. The summed E-state index contributed by atoms with van der Waals surface area (Å²) in [7, 11) is 0. The predicted molar refractivity (Wildman–Crippen MR) is 74.0 cm³/mol. The van der Waals surface area contributed by atoms with E-state index in [2.05, 4.69) is 5.32 Å². The molecule has 20 heavy (non-hydrogen) atoms. The number of amides is 1. The Bertz CT molecular complexity index is 512. The second kappa shape index (κ2) is 6.06. The number of nitrogens with one attached hydrogen (secondary N) is 1. The minimum absolute atomic E-state index is 0. The van der Waals surface area contributed by atoms with E-state index >= 15 is 0 Å². The van der Waals surface area contributed by atoms with Gasteiger partial charge in [-0.1, -0.05) is 0 Å². The molecule has 2 heterocycles. The van der Waals surface area contributed by atoms with Gasteiger partial charge in [0.1, 0.15) is 11.6 Å². The van der Waals surface area contributed by atoms with E-state index in [0.717, 1.165) is 31.5 Å². The molecule has 1 N–H and O–H groups in total. The molecule has 3 rings (SSSR count). The van der Waals surface area contributed by atoms with Crippen molar-refractivity contribution in [2.45, 2.75) is 18.9 Å². The summed E-state index contributed by atoms with van der Waals surface area (Å²) in [6.07, 6.45) is 1.96. The molecule has 3 nitrogen and oxygen atoms in total. The monoisotopic (exact) mass is 302 g/mol. The number of benzene rings is 1. The Kier molecular flexibility index (Phi) is 4.60. The highest BCUT2D eigenvalue weighted by Crippen LogP contribution is 2.26. The third-order valence-electron chi connectivity index (χ3n) is 4.10. The minimum Gasteiger partial charge on any atom is -0.338 e. The van der Waals surface area contributed by atoms with Crippen molar-refractivity contribution in [2.24, 2.45) is 5.92 Å². The van der Waals surface area contributed by atoms with Crippen LogP contribution in [0.2, 0.25) is 0 Å². The summed E-state index contributed by atoms with van der Waals surface area (Å²) in [6, 6.07) is 3.60. The smallest absolute Gasteiger partial charge is 0.256 e. The van der Waals surface area contributed by atoms with Crippen LogP contribution in [0.4, 0.5) is 8.78 Å². The van der Waals surface area contributed by atoms with Gasteiger partial charge in [0, 0.05) is 25.2 Å². The molecule has 1 aromatic rings. The summed E-state index contributed by atoms with van der Waals surface area (Å²) in [5.74, 6) is -1.31. The van der Waals surface area contributed by atoms with Gasteiger partial charge in [-0.15, -0.1) is 12.4 Å². The van der Waals surface area contributed by atoms with Crippen LogP contribution in [0.15, 0.2) is 18.2 Å². The summed E-state index contributed by atoms with van der Waals surface area (Å²) in [4.78, 5) is 13.9. The number of carbonyl (C=O) groups excluding carboxylic acids is 1. The topological polar surface area (TPSA) is 32.3 Å². The Morgan fingerprint density at radius 3 is 2.85 bits per heavy atom. The summed E-state index contributed by atoms with van der Waals surface area (Å²) >= 11 is 0. The van der Waals surface area contributed by atoms with Crippen LogP contribution in [-0.2, 0) is 0 Å². The summed E-state index contributed by atoms with van der Waals surface area (Å²) in [5, 5.41) is 3.41. The largest absolute Gasteiger partial charge is 0.338 e. The van der Waals surface area contributed by atoms with Gasteiger partial charge >= 0.3 is 0 Å². The molecule has 2 fully saturated rings. The van der Waals surface area contributed by atoms with Crippen molar-refractivity contribution in [2.75, 3.05) is 19.6 Å². The molecule has 2 aliphatic rings. The van der Waals surface area contributed by atoms with Gasteiger partial charge in [-0.05, 0) is 37.4 Å². The van der Waals surface area contributed by atoms with Crippen LogP contribution in [0.3, 0.4) is 0 Å². The van der Waals surface area contributed by atoms with Crippen LogP contribution in [-0.4, -0.2) is 36.5 Å². The van der Waals surface area contributed by atoms with Crippen LogP contribution < -0.4 is 5.32 Å². The van der Waals surface area contributed by atoms with E-state index in [0.29, 0.717) is 25.0 Å². The van der Waals surface area contributed by atoms with Crippen LogP contribution in [0.1, 0.15) is 23.2 Å². The average molecular weight is 303 g/mol. The molecule has 0 saturated carbocycles. The first-order valence-electron chi connectivity index (χ1n) is 6.63. The highest BCUT2D eigenvalue weighted by molar-refractivity contribution is 5.94. The molecule has 0 bridgehead atoms. The molecule has 2 aliphatic heterocycles. The number of hydrogen-bond donors (Lipinski definition) is 1. The van der Waals surface area contributed by atoms with Gasteiger partial charge in [-0.2, -0.15) is 0 Å². The van der Waals surface area contributed by atoms with Crippen molar-refractivity contribution >= 4 is 18.3 Å². The number of hydrogen-bond acceptors (Lipinski definition) is 2. The Hall–Kier alpha value is -1.20. The van der Waals surface area contributed by atoms with E-state index in [1.165, 1.54) is 6.07 Å². The first-order chi connectivity index (χ1) is 9.15. The minimum atomic E-state index is -0.781.